The maximum Gasteiger partial charge on any atom is 0.169 e. The highest BCUT2D eigenvalue weighted by atomic mass is 16.1. The Hall–Kier alpha value is -1.11. The quantitative estimate of drug-likeness (QED) is 0.696. The van der Waals surface area contributed by atoms with Gasteiger partial charge in [-0.3, -0.25) is 4.79 Å². The molecule has 0 saturated heterocycles. The monoisotopic (exact) mass is 214 g/mol. The third-order valence-corrected chi connectivity index (χ3v) is 4.30. The number of hydrogen-bond donors (Lipinski definition) is 0. The minimum atomic E-state index is -0.0279. The summed E-state index contributed by atoms with van der Waals surface area (Å²) in [5, 5.41) is 0. The van der Waals surface area contributed by atoms with Crippen LogP contribution >= 0.6 is 0 Å². The maximum absolute atomic E-state index is 12.4. The van der Waals surface area contributed by atoms with Gasteiger partial charge < -0.3 is 0 Å². The molecule has 0 bridgehead atoms. The predicted octanol–water partition coefficient (Wildman–Crippen LogP) is 3.94. The van der Waals surface area contributed by atoms with Crippen LogP contribution in [-0.4, -0.2) is 5.78 Å². The molecule has 1 aromatic rings. The van der Waals surface area contributed by atoms with Crippen molar-refractivity contribution in [3.8, 4) is 0 Å². The highest BCUT2D eigenvalue weighted by Crippen LogP contribution is 2.49. The lowest BCUT2D eigenvalue weighted by Gasteiger charge is -2.28. The summed E-state index contributed by atoms with van der Waals surface area (Å²) in [5.41, 5.74) is 2.29. The van der Waals surface area contributed by atoms with Crippen LogP contribution in [0.5, 0.6) is 0 Å². The molecule has 84 valence electrons. The minimum absolute atomic E-state index is 0.0279. The third-order valence-electron chi connectivity index (χ3n) is 4.30. The molecule has 0 amide bonds. The summed E-state index contributed by atoms with van der Waals surface area (Å²) in [6, 6.07) is 8.25. The number of rotatable bonds is 3. The summed E-state index contributed by atoms with van der Waals surface area (Å²) in [4.78, 5) is 12.4. The van der Waals surface area contributed by atoms with Gasteiger partial charge in [-0.2, -0.15) is 0 Å². The van der Waals surface area contributed by atoms with Gasteiger partial charge in [0.05, 0.1) is 0 Å². The van der Waals surface area contributed by atoms with Gasteiger partial charge in [-0.25, -0.2) is 0 Å². The van der Waals surface area contributed by atoms with Crippen LogP contribution in [0.2, 0.25) is 0 Å². The van der Waals surface area contributed by atoms with E-state index in [1.54, 1.807) is 0 Å². The average molecular weight is 214 g/mol. The van der Waals surface area contributed by atoms with E-state index in [9.17, 15) is 4.79 Å². The smallest absolute Gasteiger partial charge is 0.169 e. The predicted molar refractivity (Wildman–Crippen MR) is 64.7 cm³/mol. The van der Waals surface area contributed by atoms with Crippen molar-refractivity contribution in [3.63, 3.8) is 0 Å². The van der Waals surface area contributed by atoms with E-state index in [0.717, 1.165) is 18.4 Å². The Balaban J connectivity index is 1.96. The van der Waals surface area contributed by atoms with E-state index >= 15 is 0 Å². The van der Waals surface area contributed by atoms with Gasteiger partial charge in [-0.15, -0.1) is 0 Å². The lowest BCUT2D eigenvalue weighted by Crippen LogP contribution is -2.18. The highest BCUT2D eigenvalue weighted by Gasteiger charge is 2.45. The molecule has 1 heteroatoms. The molecule has 1 nitrogen and oxygen atoms in total. The molecular formula is C15H18O. The van der Waals surface area contributed by atoms with Gasteiger partial charge in [-0.05, 0) is 37.2 Å². The van der Waals surface area contributed by atoms with Gasteiger partial charge >= 0.3 is 0 Å². The Morgan fingerprint density at radius 2 is 1.94 bits per heavy atom. The van der Waals surface area contributed by atoms with Crippen molar-refractivity contribution in [3.05, 3.63) is 35.4 Å². The third kappa shape index (κ3) is 1.50. The number of Topliss-reactive ketones (excluding diaryl/α,β-unsaturated/α-hetero) is 1. The lowest BCUT2D eigenvalue weighted by molar-refractivity contribution is 0.0910. The van der Waals surface area contributed by atoms with Crippen LogP contribution in [0.4, 0.5) is 0 Å². The van der Waals surface area contributed by atoms with E-state index in [1.807, 2.05) is 12.1 Å². The van der Waals surface area contributed by atoms with Crippen LogP contribution < -0.4 is 0 Å². The second kappa shape index (κ2) is 3.44. The summed E-state index contributed by atoms with van der Waals surface area (Å²) in [5.74, 6) is 1.04. The van der Waals surface area contributed by atoms with Crippen LogP contribution in [-0.2, 0) is 0 Å². The molecule has 0 radical (unpaired) electrons. The molecule has 16 heavy (non-hydrogen) atoms. The topological polar surface area (TPSA) is 17.1 Å². The number of ketones is 1. The largest absolute Gasteiger partial charge is 0.294 e. The summed E-state index contributed by atoms with van der Waals surface area (Å²) in [6.45, 7) is 2.10. The summed E-state index contributed by atoms with van der Waals surface area (Å²) >= 11 is 0. The Bertz CT molecular complexity index is 425. The standard InChI is InChI=1S/C15H18O/c1-15(9-10-15)14(16)13-8-3-2-7-12(13)11-5-4-6-11/h2-3,7-8,11H,4-6,9-10H2,1H3. The Labute approximate surface area is 96.9 Å². The van der Waals surface area contributed by atoms with Gasteiger partial charge in [-0.1, -0.05) is 37.6 Å². The van der Waals surface area contributed by atoms with E-state index in [1.165, 1.54) is 24.8 Å². The second-order valence-corrected chi connectivity index (χ2v) is 5.60. The summed E-state index contributed by atoms with van der Waals surface area (Å²) < 4.78 is 0. The first-order valence-corrected chi connectivity index (χ1v) is 6.34. The van der Waals surface area contributed by atoms with Gasteiger partial charge in [0.15, 0.2) is 5.78 Å². The molecule has 2 fully saturated rings. The van der Waals surface area contributed by atoms with Crippen molar-refractivity contribution in [1.29, 1.82) is 0 Å². The Kier molecular flexibility index (Phi) is 2.17. The SMILES string of the molecule is CC1(C(=O)c2ccccc2C2CCC2)CC1. The molecule has 0 aliphatic heterocycles. The van der Waals surface area contributed by atoms with E-state index < -0.39 is 0 Å². The molecular weight excluding hydrogens is 196 g/mol. The van der Waals surface area contributed by atoms with Crippen molar-refractivity contribution in [1.82, 2.24) is 0 Å². The molecule has 0 atom stereocenters. The van der Waals surface area contributed by atoms with Gasteiger partial charge in [0, 0.05) is 11.0 Å². The fraction of sp³-hybridized carbons (Fsp3) is 0.533. The Morgan fingerprint density at radius 3 is 2.50 bits per heavy atom. The van der Waals surface area contributed by atoms with Gasteiger partial charge in [0.1, 0.15) is 0 Å². The highest BCUT2D eigenvalue weighted by molar-refractivity contribution is 6.03. The number of carbonyl (C=O) groups is 1. The normalized spacial score (nSPS) is 22.6. The first-order valence-electron chi connectivity index (χ1n) is 6.34. The zero-order chi connectivity index (χ0) is 11.2. The lowest BCUT2D eigenvalue weighted by atomic mass is 9.76. The fourth-order valence-electron chi connectivity index (χ4n) is 2.52. The van der Waals surface area contributed by atoms with Crippen molar-refractivity contribution in [2.75, 3.05) is 0 Å². The molecule has 2 aliphatic carbocycles. The molecule has 3 rings (SSSR count). The number of benzene rings is 1. The molecule has 0 aromatic heterocycles. The number of carbonyl (C=O) groups excluding carboxylic acids is 1. The van der Waals surface area contributed by atoms with E-state index in [2.05, 4.69) is 19.1 Å². The maximum atomic E-state index is 12.4. The molecule has 1 aromatic carbocycles. The molecule has 0 heterocycles. The minimum Gasteiger partial charge on any atom is -0.294 e. The summed E-state index contributed by atoms with van der Waals surface area (Å²) in [6.07, 6.45) is 6.00. The van der Waals surface area contributed by atoms with Crippen molar-refractivity contribution in [2.45, 2.75) is 44.9 Å². The molecule has 2 saturated carbocycles. The molecule has 0 N–H and O–H groups in total. The molecule has 2 aliphatic rings. The molecule has 0 unspecified atom stereocenters. The first-order chi connectivity index (χ1) is 7.71. The molecule has 0 spiro atoms. The average Bonchev–Trinajstić information content (AvgIpc) is 2.95. The van der Waals surface area contributed by atoms with Crippen molar-refractivity contribution >= 4 is 5.78 Å². The van der Waals surface area contributed by atoms with E-state index in [4.69, 9.17) is 0 Å². The first kappa shape index (κ1) is 10.1. The zero-order valence-electron chi connectivity index (χ0n) is 9.83. The van der Waals surface area contributed by atoms with Crippen LogP contribution in [0.15, 0.2) is 24.3 Å². The Morgan fingerprint density at radius 1 is 1.25 bits per heavy atom. The van der Waals surface area contributed by atoms with Gasteiger partial charge in [0.25, 0.3) is 0 Å². The van der Waals surface area contributed by atoms with E-state index in [0.29, 0.717) is 11.7 Å². The second-order valence-electron chi connectivity index (χ2n) is 5.60. The van der Waals surface area contributed by atoms with Crippen LogP contribution in [0.25, 0.3) is 0 Å². The number of hydrogen-bond acceptors (Lipinski definition) is 1. The van der Waals surface area contributed by atoms with Crippen LogP contribution in [0, 0.1) is 5.41 Å². The zero-order valence-corrected chi connectivity index (χ0v) is 9.83. The van der Waals surface area contributed by atoms with E-state index in [-0.39, 0.29) is 5.41 Å². The van der Waals surface area contributed by atoms with Crippen LogP contribution in [0.3, 0.4) is 0 Å². The summed E-state index contributed by atoms with van der Waals surface area (Å²) in [7, 11) is 0. The van der Waals surface area contributed by atoms with Crippen LogP contribution in [0.1, 0.15) is 60.9 Å². The van der Waals surface area contributed by atoms with Crippen molar-refractivity contribution < 1.29 is 4.79 Å². The fourth-order valence-corrected chi connectivity index (χ4v) is 2.52. The van der Waals surface area contributed by atoms with Gasteiger partial charge in [0.2, 0.25) is 0 Å². The van der Waals surface area contributed by atoms with Crippen molar-refractivity contribution in [2.24, 2.45) is 5.41 Å².